The fourth-order valence-electron chi connectivity index (χ4n) is 3.42. The van der Waals surface area contributed by atoms with E-state index in [2.05, 4.69) is 42.3 Å². The molecule has 0 aliphatic carbocycles. The van der Waals surface area contributed by atoms with E-state index in [4.69, 9.17) is 16.3 Å². The summed E-state index contributed by atoms with van der Waals surface area (Å²) < 4.78 is 19.4. The first-order valence-electron chi connectivity index (χ1n) is 10.1. The number of nitrogens with zero attached hydrogens (tertiary/aromatic N) is 1. The smallest absolute Gasteiger partial charge is 0.124 e. The molecule has 0 unspecified atom stereocenters. The van der Waals surface area contributed by atoms with Crippen LogP contribution in [-0.2, 0) is 13.2 Å². The Morgan fingerprint density at radius 1 is 1.03 bits per heavy atom. The van der Waals surface area contributed by atoms with E-state index in [1.807, 2.05) is 18.2 Å². The third-order valence-corrected chi connectivity index (χ3v) is 5.55. The number of hydrogen-bond acceptors (Lipinski definition) is 3. The zero-order valence-electron chi connectivity index (χ0n) is 17.1. The Hall–Kier alpha value is -2.14. The molecule has 0 spiro atoms. The lowest BCUT2D eigenvalue weighted by Gasteiger charge is -2.19. The molecule has 29 heavy (non-hydrogen) atoms. The number of hydrogen-bond donors (Lipinski definition) is 1. The van der Waals surface area contributed by atoms with Crippen LogP contribution in [-0.4, -0.2) is 31.1 Å². The van der Waals surface area contributed by atoms with E-state index in [1.54, 1.807) is 6.07 Å². The third-order valence-electron chi connectivity index (χ3n) is 5.20. The molecular formula is C24H28ClFN2O. The number of rotatable bonds is 10. The van der Waals surface area contributed by atoms with Crippen LogP contribution in [0.1, 0.15) is 25.0 Å². The van der Waals surface area contributed by atoms with E-state index >= 15 is 0 Å². The van der Waals surface area contributed by atoms with E-state index in [0.29, 0.717) is 11.6 Å². The molecule has 0 aromatic heterocycles. The molecule has 5 heteroatoms. The Bertz CT molecular complexity index is 943. The second-order valence-electron chi connectivity index (χ2n) is 6.99. The Labute approximate surface area is 177 Å². The van der Waals surface area contributed by atoms with Crippen LogP contribution >= 0.6 is 11.6 Å². The van der Waals surface area contributed by atoms with Gasteiger partial charge in [-0.25, -0.2) is 4.39 Å². The molecule has 0 saturated carbocycles. The maximum absolute atomic E-state index is 13.3. The minimum absolute atomic E-state index is 0.296. The minimum atomic E-state index is -0.345. The van der Waals surface area contributed by atoms with E-state index in [0.717, 1.165) is 49.6 Å². The molecule has 0 heterocycles. The average molecular weight is 415 g/mol. The van der Waals surface area contributed by atoms with Crippen molar-refractivity contribution in [3.8, 4) is 5.75 Å². The summed E-state index contributed by atoms with van der Waals surface area (Å²) in [5.41, 5.74) is 1.89. The summed E-state index contributed by atoms with van der Waals surface area (Å²) in [6.07, 6.45) is 0. The number of benzene rings is 3. The first kappa shape index (κ1) is 21.6. The maximum atomic E-state index is 13.3. The van der Waals surface area contributed by atoms with Gasteiger partial charge in [-0.05, 0) is 42.1 Å². The molecule has 1 N–H and O–H groups in total. The van der Waals surface area contributed by atoms with Crippen molar-refractivity contribution in [2.24, 2.45) is 0 Å². The Morgan fingerprint density at radius 2 is 1.83 bits per heavy atom. The Balaban J connectivity index is 1.76. The van der Waals surface area contributed by atoms with Crippen LogP contribution in [0.2, 0.25) is 5.02 Å². The zero-order chi connectivity index (χ0) is 20.6. The molecule has 3 aromatic carbocycles. The van der Waals surface area contributed by atoms with Gasteiger partial charge >= 0.3 is 0 Å². The second-order valence-corrected chi connectivity index (χ2v) is 7.40. The van der Waals surface area contributed by atoms with Crippen molar-refractivity contribution in [3.63, 3.8) is 0 Å². The predicted octanol–water partition coefficient (Wildman–Crippen LogP) is 5.64. The molecule has 3 rings (SSSR count). The molecule has 0 bridgehead atoms. The highest BCUT2D eigenvalue weighted by Crippen LogP contribution is 2.29. The first-order chi connectivity index (χ1) is 14.1. The van der Waals surface area contributed by atoms with E-state index < -0.39 is 0 Å². The van der Waals surface area contributed by atoms with Crippen molar-refractivity contribution in [1.82, 2.24) is 10.2 Å². The molecule has 0 saturated heterocycles. The van der Waals surface area contributed by atoms with Crippen molar-refractivity contribution in [2.75, 3.05) is 26.2 Å². The van der Waals surface area contributed by atoms with Gasteiger partial charge in [-0.15, -0.1) is 0 Å². The molecule has 0 aliphatic rings. The highest BCUT2D eigenvalue weighted by atomic mass is 35.5. The molecule has 0 aliphatic heterocycles. The van der Waals surface area contributed by atoms with Crippen LogP contribution in [0.3, 0.4) is 0 Å². The number of halogens is 2. The van der Waals surface area contributed by atoms with Crippen LogP contribution in [0.5, 0.6) is 5.75 Å². The monoisotopic (exact) mass is 414 g/mol. The second kappa shape index (κ2) is 10.6. The fraction of sp³-hybridized carbons (Fsp3) is 0.333. The van der Waals surface area contributed by atoms with Crippen LogP contribution in [0.25, 0.3) is 10.8 Å². The summed E-state index contributed by atoms with van der Waals surface area (Å²) in [6, 6.07) is 16.8. The quantitative estimate of drug-likeness (QED) is 0.434. The van der Waals surface area contributed by atoms with Gasteiger partial charge in [-0.1, -0.05) is 61.8 Å². The topological polar surface area (TPSA) is 24.5 Å². The lowest BCUT2D eigenvalue weighted by molar-refractivity contribution is 0.296. The van der Waals surface area contributed by atoms with Crippen molar-refractivity contribution in [2.45, 2.75) is 27.0 Å². The minimum Gasteiger partial charge on any atom is -0.488 e. The lowest BCUT2D eigenvalue weighted by Crippen LogP contribution is -2.31. The van der Waals surface area contributed by atoms with Gasteiger partial charge in [0.1, 0.15) is 18.2 Å². The SMILES string of the molecule is CCN(CC)CCNCc1c(OCc2ccc(F)cc2Cl)ccc2ccccc12. The summed E-state index contributed by atoms with van der Waals surface area (Å²) in [6.45, 7) is 9.41. The molecule has 3 aromatic rings. The average Bonchev–Trinajstić information content (AvgIpc) is 2.73. The maximum Gasteiger partial charge on any atom is 0.124 e. The highest BCUT2D eigenvalue weighted by molar-refractivity contribution is 6.31. The van der Waals surface area contributed by atoms with Gasteiger partial charge in [0.2, 0.25) is 0 Å². The summed E-state index contributed by atoms with van der Waals surface area (Å²) >= 11 is 6.15. The first-order valence-corrected chi connectivity index (χ1v) is 10.5. The van der Waals surface area contributed by atoms with Gasteiger partial charge in [-0.3, -0.25) is 0 Å². The summed E-state index contributed by atoms with van der Waals surface area (Å²) in [4.78, 5) is 2.39. The molecular weight excluding hydrogens is 387 g/mol. The summed E-state index contributed by atoms with van der Waals surface area (Å²) in [7, 11) is 0. The Morgan fingerprint density at radius 3 is 2.59 bits per heavy atom. The zero-order valence-corrected chi connectivity index (χ0v) is 17.8. The van der Waals surface area contributed by atoms with E-state index in [9.17, 15) is 4.39 Å². The molecule has 3 nitrogen and oxygen atoms in total. The van der Waals surface area contributed by atoms with Gasteiger partial charge in [0.25, 0.3) is 0 Å². The number of nitrogens with one attached hydrogen (secondary N) is 1. The highest BCUT2D eigenvalue weighted by Gasteiger charge is 2.11. The Kier molecular flexibility index (Phi) is 7.87. The normalized spacial score (nSPS) is 11.3. The molecule has 0 fully saturated rings. The van der Waals surface area contributed by atoms with Crippen molar-refractivity contribution in [1.29, 1.82) is 0 Å². The van der Waals surface area contributed by atoms with Crippen LogP contribution in [0, 0.1) is 5.82 Å². The molecule has 0 atom stereocenters. The van der Waals surface area contributed by atoms with Gasteiger partial charge in [0.05, 0.1) is 5.02 Å². The van der Waals surface area contributed by atoms with E-state index in [-0.39, 0.29) is 5.82 Å². The number of likely N-dealkylation sites (N-methyl/N-ethyl adjacent to an activating group) is 1. The van der Waals surface area contributed by atoms with Gasteiger partial charge < -0.3 is 15.0 Å². The van der Waals surface area contributed by atoms with E-state index in [1.165, 1.54) is 22.9 Å². The number of fused-ring (bicyclic) bond motifs is 1. The summed E-state index contributed by atoms with van der Waals surface area (Å²) in [5, 5.41) is 6.28. The van der Waals surface area contributed by atoms with Crippen molar-refractivity contribution in [3.05, 3.63) is 76.6 Å². The van der Waals surface area contributed by atoms with Gasteiger partial charge in [0.15, 0.2) is 0 Å². The van der Waals surface area contributed by atoms with Crippen LogP contribution in [0.4, 0.5) is 4.39 Å². The lowest BCUT2D eigenvalue weighted by atomic mass is 10.0. The predicted molar refractivity (Wildman–Crippen MR) is 119 cm³/mol. The van der Waals surface area contributed by atoms with Crippen molar-refractivity contribution < 1.29 is 9.13 Å². The van der Waals surface area contributed by atoms with Gasteiger partial charge in [0, 0.05) is 30.8 Å². The number of ether oxygens (including phenoxy) is 1. The summed E-state index contributed by atoms with van der Waals surface area (Å²) in [5.74, 6) is 0.474. The fourth-order valence-corrected chi connectivity index (χ4v) is 3.64. The third kappa shape index (κ3) is 5.69. The molecule has 0 radical (unpaired) electrons. The largest absolute Gasteiger partial charge is 0.488 e. The van der Waals surface area contributed by atoms with Crippen molar-refractivity contribution >= 4 is 22.4 Å². The molecule has 0 amide bonds. The van der Waals surface area contributed by atoms with Crippen LogP contribution in [0.15, 0.2) is 54.6 Å². The standard InChI is InChI=1S/C24H28ClFN2O/c1-3-28(4-2)14-13-27-16-22-21-8-6-5-7-18(21)10-12-24(22)29-17-19-9-11-20(26)15-23(19)25/h5-12,15,27H,3-4,13-14,16-17H2,1-2H3. The molecule has 154 valence electrons. The van der Waals surface area contributed by atoms with Crippen LogP contribution < -0.4 is 10.1 Å². The van der Waals surface area contributed by atoms with Gasteiger partial charge in [-0.2, -0.15) is 0 Å².